The van der Waals surface area contributed by atoms with Crippen molar-refractivity contribution in [3.63, 3.8) is 0 Å². The number of benzene rings is 2. The summed E-state index contributed by atoms with van der Waals surface area (Å²) in [6, 6.07) is 21.0. The van der Waals surface area contributed by atoms with E-state index in [0.29, 0.717) is 25.6 Å². The molecule has 2 aromatic heterocycles. The first-order valence-corrected chi connectivity index (χ1v) is 11.9. The summed E-state index contributed by atoms with van der Waals surface area (Å²) in [5.74, 6) is 0.925. The molecule has 0 saturated carbocycles. The molecule has 10 heteroatoms. The van der Waals surface area contributed by atoms with Crippen molar-refractivity contribution in [2.75, 3.05) is 53.3 Å². The fourth-order valence-electron chi connectivity index (χ4n) is 4.49. The molecule has 4 heterocycles. The number of para-hydroxylation sites is 3. The average molecular weight is 484 g/mol. The second-order valence-corrected chi connectivity index (χ2v) is 8.54. The molecule has 0 spiro atoms. The fraction of sp³-hybridized carbons (Fsp3) is 0.231. The Morgan fingerprint density at radius 2 is 1.75 bits per heavy atom. The summed E-state index contributed by atoms with van der Waals surface area (Å²) in [7, 11) is 0. The van der Waals surface area contributed by atoms with Gasteiger partial charge >= 0.3 is 6.01 Å². The maximum absolute atomic E-state index is 13.2. The third-order valence-corrected chi connectivity index (χ3v) is 6.25. The van der Waals surface area contributed by atoms with Gasteiger partial charge in [-0.3, -0.25) is 4.79 Å². The zero-order chi connectivity index (χ0) is 24.3. The van der Waals surface area contributed by atoms with Gasteiger partial charge in [-0.2, -0.15) is 0 Å². The van der Waals surface area contributed by atoms with Crippen molar-refractivity contribution in [1.82, 2.24) is 15.2 Å². The molecule has 0 radical (unpaired) electrons. The number of amides is 1. The highest BCUT2D eigenvalue weighted by Crippen LogP contribution is 2.35. The van der Waals surface area contributed by atoms with Crippen molar-refractivity contribution in [2.24, 2.45) is 0 Å². The summed E-state index contributed by atoms with van der Waals surface area (Å²) >= 11 is 0. The largest absolute Gasteiger partial charge is 0.403 e. The molecule has 1 fully saturated rings. The minimum Gasteiger partial charge on any atom is -0.403 e. The van der Waals surface area contributed by atoms with Crippen LogP contribution in [0.15, 0.2) is 77.3 Å². The number of ether oxygens (including phenoxy) is 1. The standard InChI is InChI=1S/C26H25N7O3/c34-24-21(17-33(18-7-2-1-3-8-18)22-11-5-4-10-20(22)28-24)29-26-31-30-25(36-26)19-9-6-12-27-23(19)32-13-15-35-16-14-32/h1-12,21H,13-17H2,(H,28,34)(H,29,31)/t21-/m0/s1. The van der Waals surface area contributed by atoms with E-state index in [4.69, 9.17) is 9.15 Å². The molecular formula is C26H25N7O3. The van der Waals surface area contributed by atoms with Gasteiger partial charge in [0.15, 0.2) is 0 Å². The number of aromatic nitrogens is 3. The summed E-state index contributed by atoms with van der Waals surface area (Å²) in [6.07, 6.45) is 1.75. The monoisotopic (exact) mass is 483 g/mol. The van der Waals surface area contributed by atoms with Crippen LogP contribution in [0.3, 0.4) is 0 Å². The van der Waals surface area contributed by atoms with Crippen molar-refractivity contribution in [1.29, 1.82) is 0 Å². The molecule has 4 aromatic rings. The molecule has 1 amide bonds. The number of carbonyl (C=O) groups excluding carboxylic acids is 1. The lowest BCUT2D eigenvalue weighted by Gasteiger charge is -2.28. The van der Waals surface area contributed by atoms with E-state index in [-0.39, 0.29) is 11.9 Å². The van der Waals surface area contributed by atoms with Gasteiger partial charge in [0, 0.05) is 25.0 Å². The summed E-state index contributed by atoms with van der Waals surface area (Å²) in [4.78, 5) is 22.0. The topological polar surface area (TPSA) is 109 Å². The van der Waals surface area contributed by atoms with Gasteiger partial charge in [-0.1, -0.05) is 35.4 Å². The van der Waals surface area contributed by atoms with E-state index in [1.807, 2.05) is 66.7 Å². The lowest BCUT2D eigenvalue weighted by molar-refractivity contribution is -0.116. The zero-order valence-electron chi connectivity index (χ0n) is 19.5. The SMILES string of the molecule is O=C1Nc2ccccc2N(c2ccccc2)C[C@@H]1Nc1nnc(-c2cccnc2N2CCOCC2)o1. The molecule has 6 rings (SSSR count). The van der Waals surface area contributed by atoms with Gasteiger partial charge < -0.3 is 29.6 Å². The summed E-state index contributed by atoms with van der Waals surface area (Å²) < 4.78 is 11.4. The Hall–Kier alpha value is -4.44. The molecule has 1 saturated heterocycles. The highest BCUT2D eigenvalue weighted by atomic mass is 16.5. The Balaban J connectivity index is 1.27. The quantitative estimate of drug-likeness (QED) is 0.441. The number of hydrogen-bond acceptors (Lipinski definition) is 9. The Morgan fingerprint density at radius 1 is 0.944 bits per heavy atom. The third kappa shape index (κ3) is 4.34. The van der Waals surface area contributed by atoms with Crippen molar-refractivity contribution in [2.45, 2.75) is 6.04 Å². The molecular weight excluding hydrogens is 458 g/mol. The number of rotatable bonds is 5. The summed E-state index contributed by atoms with van der Waals surface area (Å²) in [5, 5.41) is 14.6. The van der Waals surface area contributed by atoms with E-state index >= 15 is 0 Å². The van der Waals surface area contributed by atoms with Gasteiger partial charge in [-0.05, 0) is 36.4 Å². The van der Waals surface area contributed by atoms with Gasteiger partial charge in [-0.15, -0.1) is 5.10 Å². The maximum Gasteiger partial charge on any atom is 0.316 e. The Morgan fingerprint density at radius 3 is 2.61 bits per heavy atom. The van der Waals surface area contributed by atoms with Crippen LogP contribution >= 0.6 is 0 Å². The Labute approximate surface area is 207 Å². The van der Waals surface area contributed by atoms with E-state index in [9.17, 15) is 4.79 Å². The van der Waals surface area contributed by atoms with Gasteiger partial charge in [0.1, 0.15) is 11.9 Å². The first-order chi connectivity index (χ1) is 17.8. The molecule has 0 unspecified atom stereocenters. The summed E-state index contributed by atoms with van der Waals surface area (Å²) in [6.45, 7) is 3.13. The molecule has 1 atom stereocenters. The number of hydrogen-bond donors (Lipinski definition) is 2. The van der Waals surface area contributed by atoms with Crippen LogP contribution in [0.5, 0.6) is 0 Å². The molecule has 10 nitrogen and oxygen atoms in total. The molecule has 0 aliphatic carbocycles. The van der Waals surface area contributed by atoms with E-state index in [0.717, 1.165) is 41.5 Å². The van der Waals surface area contributed by atoms with E-state index in [1.165, 1.54) is 0 Å². The van der Waals surface area contributed by atoms with Crippen molar-refractivity contribution in [3.05, 3.63) is 72.9 Å². The number of nitrogens with one attached hydrogen (secondary N) is 2. The van der Waals surface area contributed by atoms with Crippen LogP contribution in [-0.2, 0) is 9.53 Å². The summed E-state index contributed by atoms with van der Waals surface area (Å²) in [5.41, 5.74) is 3.37. The Kier molecular flexibility index (Phi) is 5.92. The molecule has 182 valence electrons. The van der Waals surface area contributed by atoms with E-state index < -0.39 is 6.04 Å². The molecule has 2 N–H and O–H groups in total. The molecule has 2 aliphatic rings. The van der Waals surface area contributed by atoms with Crippen LogP contribution in [0.2, 0.25) is 0 Å². The van der Waals surface area contributed by atoms with Crippen LogP contribution in [-0.4, -0.2) is 60.0 Å². The molecule has 36 heavy (non-hydrogen) atoms. The zero-order valence-corrected chi connectivity index (χ0v) is 19.5. The number of morpholine rings is 1. The van der Waals surface area contributed by atoms with Crippen molar-refractivity contribution < 1.29 is 13.9 Å². The second-order valence-electron chi connectivity index (χ2n) is 8.54. The highest BCUT2D eigenvalue weighted by Gasteiger charge is 2.30. The van der Waals surface area contributed by atoms with Gasteiger partial charge in [-0.25, -0.2) is 4.98 Å². The molecule has 2 aromatic carbocycles. The number of fused-ring (bicyclic) bond motifs is 1. The van der Waals surface area contributed by atoms with E-state index in [2.05, 4.69) is 35.6 Å². The lowest BCUT2D eigenvalue weighted by atomic mass is 10.2. The molecule has 2 aliphatic heterocycles. The second kappa shape index (κ2) is 9.67. The minimum atomic E-state index is -0.640. The number of anilines is 5. The maximum atomic E-state index is 13.2. The normalized spacial score (nSPS) is 17.8. The van der Waals surface area contributed by atoms with Crippen LogP contribution in [0.1, 0.15) is 0 Å². The van der Waals surface area contributed by atoms with Gasteiger partial charge in [0.2, 0.25) is 5.91 Å². The van der Waals surface area contributed by atoms with Crippen LogP contribution < -0.4 is 20.4 Å². The van der Waals surface area contributed by atoms with Crippen LogP contribution in [0.4, 0.5) is 28.9 Å². The third-order valence-electron chi connectivity index (χ3n) is 6.25. The average Bonchev–Trinajstić information content (AvgIpc) is 3.35. The van der Waals surface area contributed by atoms with Crippen molar-refractivity contribution in [3.8, 4) is 11.5 Å². The number of carbonyl (C=O) groups is 1. The highest BCUT2D eigenvalue weighted by molar-refractivity contribution is 6.02. The lowest BCUT2D eigenvalue weighted by Crippen LogP contribution is -2.40. The first-order valence-electron chi connectivity index (χ1n) is 11.9. The minimum absolute atomic E-state index is 0.167. The van der Waals surface area contributed by atoms with Crippen LogP contribution in [0.25, 0.3) is 11.5 Å². The number of pyridine rings is 1. The van der Waals surface area contributed by atoms with Crippen LogP contribution in [0, 0.1) is 0 Å². The van der Waals surface area contributed by atoms with Crippen molar-refractivity contribution >= 4 is 34.8 Å². The van der Waals surface area contributed by atoms with E-state index in [1.54, 1.807) is 6.20 Å². The Bertz CT molecular complexity index is 1350. The number of nitrogens with zero attached hydrogens (tertiary/aromatic N) is 5. The fourth-order valence-corrected chi connectivity index (χ4v) is 4.49. The smallest absolute Gasteiger partial charge is 0.316 e. The van der Waals surface area contributed by atoms with Gasteiger partial charge in [0.05, 0.1) is 36.7 Å². The first kappa shape index (κ1) is 22.1. The predicted molar refractivity (Wildman–Crippen MR) is 136 cm³/mol. The molecule has 0 bridgehead atoms. The van der Waals surface area contributed by atoms with Gasteiger partial charge in [0.25, 0.3) is 5.89 Å². The predicted octanol–water partition coefficient (Wildman–Crippen LogP) is 3.54.